The van der Waals surface area contributed by atoms with Gasteiger partial charge in [-0.2, -0.15) is 4.31 Å². The van der Waals surface area contributed by atoms with Crippen LogP contribution in [0.3, 0.4) is 0 Å². The highest BCUT2D eigenvalue weighted by atomic mass is 32.2. The maximum absolute atomic E-state index is 12.8. The normalized spacial score (nSPS) is 18.4. The Bertz CT molecular complexity index is 869. The standard InChI is InChI=1S/C19H22N2O3S2/c1-25-18-12-6-5-11-17(18)20-19(22)15-8-7-13-21(14-15)26(23,24)16-9-3-2-4-10-16/h2-6,9-12,15H,7-8,13-14H2,1H3,(H,20,22)/t15-/m0/s1. The summed E-state index contributed by atoms with van der Waals surface area (Å²) in [7, 11) is -3.56. The molecule has 26 heavy (non-hydrogen) atoms. The SMILES string of the molecule is CSc1ccccc1NC(=O)[C@H]1CCCN(S(=O)(=O)c2ccccc2)C1. The first-order valence-electron chi connectivity index (χ1n) is 8.51. The Balaban J connectivity index is 1.73. The van der Waals surface area contributed by atoms with Crippen LogP contribution in [0.4, 0.5) is 5.69 Å². The quantitative estimate of drug-likeness (QED) is 0.794. The second-order valence-electron chi connectivity index (χ2n) is 6.20. The number of sulfonamides is 1. The van der Waals surface area contributed by atoms with Gasteiger partial charge in [0.05, 0.1) is 16.5 Å². The fraction of sp³-hybridized carbons (Fsp3) is 0.316. The van der Waals surface area contributed by atoms with Gasteiger partial charge in [0.1, 0.15) is 0 Å². The summed E-state index contributed by atoms with van der Waals surface area (Å²) < 4.78 is 27.0. The third kappa shape index (κ3) is 4.11. The molecule has 0 bridgehead atoms. The molecule has 1 saturated heterocycles. The molecule has 2 aromatic rings. The van der Waals surface area contributed by atoms with E-state index in [2.05, 4.69) is 5.32 Å². The van der Waals surface area contributed by atoms with Crippen LogP contribution < -0.4 is 5.32 Å². The van der Waals surface area contributed by atoms with Gasteiger partial charge in [0.2, 0.25) is 15.9 Å². The van der Waals surface area contributed by atoms with Crippen LogP contribution in [0.5, 0.6) is 0 Å². The van der Waals surface area contributed by atoms with Crippen molar-refractivity contribution in [3.05, 3.63) is 54.6 Å². The number of carbonyl (C=O) groups is 1. The highest BCUT2D eigenvalue weighted by Crippen LogP contribution is 2.28. The minimum absolute atomic E-state index is 0.125. The van der Waals surface area contributed by atoms with Crippen LogP contribution in [-0.4, -0.2) is 38.0 Å². The first-order chi connectivity index (χ1) is 12.5. The van der Waals surface area contributed by atoms with Crippen LogP contribution in [-0.2, 0) is 14.8 Å². The lowest BCUT2D eigenvalue weighted by Gasteiger charge is -2.31. The molecule has 2 aromatic carbocycles. The third-order valence-corrected chi connectivity index (χ3v) is 7.18. The van der Waals surface area contributed by atoms with Crippen molar-refractivity contribution in [3.8, 4) is 0 Å². The molecular weight excluding hydrogens is 368 g/mol. The molecule has 1 fully saturated rings. The molecule has 5 nitrogen and oxygen atoms in total. The number of hydrogen-bond acceptors (Lipinski definition) is 4. The van der Waals surface area contributed by atoms with Gasteiger partial charge >= 0.3 is 0 Å². The molecule has 0 spiro atoms. The minimum Gasteiger partial charge on any atom is -0.325 e. The van der Waals surface area contributed by atoms with E-state index in [0.29, 0.717) is 19.4 Å². The summed E-state index contributed by atoms with van der Waals surface area (Å²) in [5, 5.41) is 2.96. The van der Waals surface area contributed by atoms with Crippen LogP contribution >= 0.6 is 11.8 Å². The van der Waals surface area contributed by atoms with E-state index >= 15 is 0 Å². The zero-order valence-corrected chi connectivity index (χ0v) is 16.2. The largest absolute Gasteiger partial charge is 0.325 e. The Morgan fingerprint density at radius 3 is 2.54 bits per heavy atom. The zero-order valence-electron chi connectivity index (χ0n) is 14.6. The molecule has 1 aliphatic heterocycles. The Hall–Kier alpha value is -1.83. The predicted molar refractivity (Wildman–Crippen MR) is 105 cm³/mol. The molecule has 0 unspecified atom stereocenters. The molecule has 1 amide bonds. The average Bonchev–Trinajstić information content (AvgIpc) is 2.69. The topological polar surface area (TPSA) is 66.5 Å². The fourth-order valence-electron chi connectivity index (χ4n) is 3.10. The monoisotopic (exact) mass is 390 g/mol. The lowest BCUT2D eigenvalue weighted by molar-refractivity contribution is -0.120. The van der Waals surface area contributed by atoms with E-state index in [9.17, 15) is 13.2 Å². The number of nitrogens with zero attached hydrogens (tertiary/aromatic N) is 1. The number of thioether (sulfide) groups is 1. The van der Waals surface area contributed by atoms with E-state index in [1.54, 1.807) is 42.1 Å². The summed E-state index contributed by atoms with van der Waals surface area (Å²) in [4.78, 5) is 14.0. The van der Waals surface area contributed by atoms with Gasteiger partial charge in [-0.25, -0.2) is 8.42 Å². The number of rotatable bonds is 5. The smallest absolute Gasteiger partial charge is 0.243 e. The fourth-order valence-corrected chi connectivity index (χ4v) is 5.20. The molecule has 1 N–H and O–H groups in total. The van der Waals surface area contributed by atoms with Gasteiger partial charge in [0.25, 0.3) is 0 Å². The van der Waals surface area contributed by atoms with Crippen molar-refractivity contribution in [2.24, 2.45) is 5.92 Å². The van der Waals surface area contributed by atoms with Crippen molar-refractivity contribution in [3.63, 3.8) is 0 Å². The number of piperidine rings is 1. The van der Waals surface area contributed by atoms with Crippen LogP contribution in [0.15, 0.2) is 64.4 Å². The first-order valence-corrected chi connectivity index (χ1v) is 11.2. The van der Waals surface area contributed by atoms with E-state index in [-0.39, 0.29) is 23.3 Å². The number of benzene rings is 2. The molecule has 1 aliphatic rings. The Morgan fingerprint density at radius 1 is 1.12 bits per heavy atom. The van der Waals surface area contributed by atoms with Gasteiger partial charge in [-0.05, 0) is 43.4 Å². The van der Waals surface area contributed by atoms with Crippen LogP contribution in [0.1, 0.15) is 12.8 Å². The molecule has 0 aliphatic carbocycles. The van der Waals surface area contributed by atoms with Gasteiger partial charge < -0.3 is 5.32 Å². The second kappa shape index (κ2) is 8.24. The minimum atomic E-state index is -3.56. The molecule has 1 heterocycles. The summed E-state index contributed by atoms with van der Waals surface area (Å²) in [6.07, 6.45) is 3.32. The number of anilines is 1. The number of hydrogen-bond donors (Lipinski definition) is 1. The lowest BCUT2D eigenvalue weighted by atomic mass is 9.99. The first kappa shape index (κ1) is 18.9. The van der Waals surface area contributed by atoms with E-state index in [1.807, 2.05) is 30.5 Å². The van der Waals surface area contributed by atoms with Gasteiger partial charge in [0.15, 0.2) is 0 Å². The average molecular weight is 391 g/mol. The summed E-state index contributed by atoms with van der Waals surface area (Å²) in [5.41, 5.74) is 0.771. The Morgan fingerprint density at radius 2 is 1.81 bits per heavy atom. The van der Waals surface area contributed by atoms with Crippen molar-refractivity contribution in [2.75, 3.05) is 24.7 Å². The summed E-state index contributed by atoms with van der Waals surface area (Å²) in [6.45, 7) is 0.660. The number of nitrogens with one attached hydrogen (secondary N) is 1. The second-order valence-corrected chi connectivity index (χ2v) is 8.99. The van der Waals surface area contributed by atoms with Gasteiger partial charge in [-0.15, -0.1) is 11.8 Å². The number of carbonyl (C=O) groups excluding carboxylic acids is 1. The Labute approximate surface area is 158 Å². The van der Waals surface area contributed by atoms with Crippen molar-refractivity contribution < 1.29 is 13.2 Å². The maximum atomic E-state index is 12.8. The highest BCUT2D eigenvalue weighted by Gasteiger charge is 2.33. The third-order valence-electron chi connectivity index (χ3n) is 4.50. The van der Waals surface area contributed by atoms with Crippen LogP contribution in [0.25, 0.3) is 0 Å². The molecule has 0 radical (unpaired) electrons. The molecular formula is C19H22N2O3S2. The van der Waals surface area contributed by atoms with Crippen molar-refractivity contribution in [1.29, 1.82) is 0 Å². The van der Waals surface area contributed by atoms with Crippen molar-refractivity contribution in [1.82, 2.24) is 4.31 Å². The summed E-state index contributed by atoms with van der Waals surface area (Å²) in [6, 6.07) is 16.0. The van der Waals surface area contributed by atoms with E-state index in [1.165, 1.54) is 4.31 Å². The molecule has 7 heteroatoms. The molecule has 0 aromatic heterocycles. The van der Waals surface area contributed by atoms with Gasteiger partial charge in [-0.1, -0.05) is 30.3 Å². The van der Waals surface area contributed by atoms with Crippen molar-refractivity contribution >= 4 is 33.4 Å². The summed E-state index contributed by atoms with van der Waals surface area (Å²) >= 11 is 1.57. The highest BCUT2D eigenvalue weighted by molar-refractivity contribution is 7.98. The molecule has 138 valence electrons. The Kier molecular flexibility index (Phi) is 6.01. The molecule has 3 rings (SSSR count). The number of para-hydroxylation sites is 1. The maximum Gasteiger partial charge on any atom is 0.243 e. The van der Waals surface area contributed by atoms with Gasteiger partial charge in [0, 0.05) is 18.0 Å². The number of amides is 1. The van der Waals surface area contributed by atoms with Crippen LogP contribution in [0.2, 0.25) is 0 Å². The van der Waals surface area contributed by atoms with E-state index in [4.69, 9.17) is 0 Å². The van der Waals surface area contributed by atoms with Crippen molar-refractivity contribution in [2.45, 2.75) is 22.6 Å². The van der Waals surface area contributed by atoms with Crippen LogP contribution in [0, 0.1) is 5.92 Å². The van der Waals surface area contributed by atoms with E-state index in [0.717, 1.165) is 10.6 Å². The van der Waals surface area contributed by atoms with E-state index < -0.39 is 10.0 Å². The molecule has 1 atom stereocenters. The lowest BCUT2D eigenvalue weighted by Crippen LogP contribution is -2.43. The zero-order chi connectivity index (χ0) is 18.6. The summed E-state index contributed by atoms with van der Waals surface area (Å²) in [5.74, 6) is -0.475. The molecule has 0 saturated carbocycles. The van der Waals surface area contributed by atoms with Gasteiger partial charge in [-0.3, -0.25) is 4.79 Å². The predicted octanol–water partition coefficient (Wildman–Crippen LogP) is 3.45.